The number of rotatable bonds is 11. The second-order valence-electron chi connectivity index (χ2n) is 9.21. The zero-order chi connectivity index (χ0) is 29.0. The summed E-state index contributed by atoms with van der Waals surface area (Å²) in [7, 11) is 1.47. The third-order valence-electron chi connectivity index (χ3n) is 5.77. The molecule has 2 aromatic rings. The third kappa shape index (κ3) is 9.08. The fourth-order valence-electron chi connectivity index (χ4n) is 3.93. The molecule has 1 aromatic carbocycles. The summed E-state index contributed by atoms with van der Waals surface area (Å²) in [5, 5.41) is 5.55. The van der Waals surface area contributed by atoms with Crippen molar-refractivity contribution >= 4 is 39.2 Å². The van der Waals surface area contributed by atoms with Crippen LogP contribution in [0.1, 0.15) is 42.6 Å². The summed E-state index contributed by atoms with van der Waals surface area (Å²) in [4.78, 5) is 22.1. The molecule has 3 rings (SSSR count). The van der Waals surface area contributed by atoms with Gasteiger partial charge >= 0.3 is 6.18 Å². The van der Waals surface area contributed by atoms with Crippen LogP contribution in [0.2, 0.25) is 5.02 Å². The minimum atomic E-state index is -4.82. The van der Waals surface area contributed by atoms with Crippen LogP contribution in [0.3, 0.4) is 0 Å². The highest BCUT2D eigenvalue weighted by molar-refractivity contribution is 7.88. The summed E-state index contributed by atoms with van der Waals surface area (Å²) >= 11 is 6.32. The molecule has 0 aliphatic heterocycles. The summed E-state index contributed by atoms with van der Waals surface area (Å²) in [6.07, 6.45) is -2.86. The van der Waals surface area contributed by atoms with Crippen LogP contribution in [0, 0.1) is 0 Å². The van der Waals surface area contributed by atoms with Gasteiger partial charge in [-0.1, -0.05) is 19.0 Å². The number of benzene rings is 1. The monoisotopic (exact) mass is 610 g/mol. The Morgan fingerprint density at radius 3 is 2.55 bits per heavy atom. The van der Waals surface area contributed by atoms with E-state index in [4.69, 9.17) is 21.1 Å². The normalized spacial score (nSPS) is 17.3. The summed E-state index contributed by atoms with van der Waals surface area (Å²) < 4.78 is 77.8. The number of nitrogens with zero attached hydrogens (tertiary/aromatic N) is 3. The molecule has 2 atom stereocenters. The first-order valence-corrected chi connectivity index (χ1v) is 14.1. The van der Waals surface area contributed by atoms with Crippen LogP contribution >= 0.6 is 11.6 Å². The lowest BCUT2D eigenvalue weighted by Crippen LogP contribution is -2.42. The smallest absolute Gasteiger partial charge is 0.423 e. The van der Waals surface area contributed by atoms with Crippen molar-refractivity contribution < 1.29 is 35.9 Å². The van der Waals surface area contributed by atoms with Crippen LogP contribution in [0.15, 0.2) is 18.3 Å². The van der Waals surface area contributed by atoms with Crippen LogP contribution < -0.4 is 24.8 Å². The van der Waals surface area contributed by atoms with Gasteiger partial charge in [0.1, 0.15) is 17.4 Å². The van der Waals surface area contributed by atoms with Gasteiger partial charge in [0, 0.05) is 19.3 Å². The minimum absolute atomic E-state index is 0. The number of aromatic nitrogens is 2. The van der Waals surface area contributed by atoms with Gasteiger partial charge < -0.3 is 25.0 Å². The Bertz CT molecular complexity index is 1300. The van der Waals surface area contributed by atoms with Crippen LogP contribution in [-0.2, 0) is 16.2 Å². The average Bonchev–Trinajstić information content (AvgIpc) is 3.23. The fourth-order valence-corrected chi connectivity index (χ4v) is 5.00. The lowest BCUT2D eigenvalue weighted by Gasteiger charge is -2.23. The van der Waals surface area contributed by atoms with Gasteiger partial charge in [-0.2, -0.15) is 18.2 Å². The van der Waals surface area contributed by atoms with E-state index >= 15 is 0 Å². The molecule has 1 fully saturated rings. The van der Waals surface area contributed by atoms with E-state index in [0.29, 0.717) is 38.5 Å². The molecular weight excluding hydrogens is 577 g/mol. The molecule has 1 amide bonds. The van der Waals surface area contributed by atoms with Crippen LogP contribution in [-0.4, -0.2) is 81.9 Å². The second kappa shape index (κ2) is 13.7. The maximum Gasteiger partial charge on any atom is 0.423 e. The topological polar surface area (TPSA) is 135 Å². The lowest BCUT2D eigenvalue weighted by molar-refractivity contribution is -0.140. The molecule has 40 heavy (non-hydrogen) atoms. The molecule has 1 aliphatic carbocycles. The number of sulfonamides is 1. The number of carbonyl (C=O) groups excluding carboxylic acids is 1. The van der Waals surface area contributed by atoms with E-state index in [0.717, 1.165) is 6.26 Å². The van der Waals surface area contributed by atoms with E-state index in [-0.39, 0.29) is 35.4 Å². The maximum atomic E-state index is 13.7. The zero-order valence-electron chi connectivity index (χ0n) is 21.7. The first-order valence-electron chi connectivity index (χ1n) is 11.8. The van der Waals surface area contributed by atoms with Crippen LogP contribution in [0.5, 0.6) is 11.6 Å². The van der Waals surface area contributed by atoms with Crippen molar-refractivity contribution in [2.45, 2.75) is 45.0 Å². The van der Waals surface area contributed by atoms with Gasteiger partial charge in [0.15, 0.2) is 0 Å². The molecule has 11 nitrogen and oxygen atoms in total. The van der Waals surface area contributed by atoms with Crippen molar-refractivity contribution in [2.24, 2.45) is 0 Å². The predicted molar refractivity (Wildman–Crippen MR) is 146 cm³/mol. The van der Waals surface area contributed by atoms with Crippen molar-refractivity contribution in [1.82, 2.24) is 24.9 Å². The maximum absolute atomic E-state index is 13.7. The largest absolute Gasteiger partial charge is 0.495 e. The second-order valence-corrected chi connectivity index (χ2v) is 11.4. The number of alkyl halides is 3. The Balaban J connectivity index is 0.00000560. The third-order valence-corrected chi connectivity index (χ3v) is 6.81. The number of hydrogen-bond donors (Lipinski definition) is 3. The van der Waals surface area contributed by atoms with E-state index in [1.54, 1.807) is 0 Å². The molecule has 0 bridgehead atoms. The zero-order valence-corrected chi connectivity index (χ0v) is 23.3. The fraction of sp³-hybridized carbons (Fsp3) is 0.542. The number of likely N-dealkylation sites (N-methyl/N-ethyl adjacent to an activating group) is 1. The molecular formula is C24H34ClF3N6O5S. The summed E-state index contributed by atoms with van der Waals surface area (Å²) in [5.41, 5.74) is -0.885. The number of nitrogens with one attached hydrogen (secondary N) is 3. The van der Waals surface area contributed by atoms with Crippen molar-refractivity contribution in [3.8, 4) is 11.6 Å². The summed E-state index contributed by atoms with van der Waals surface area (Å²) in [6, 6.07) is 2.05. The number of methoxy groups -OCH3 is 1. The van der Waals surface area contributed by atoms with Gasteiger partial charge in [0.25, 0.3) is 5.91 Å². The number of halogens is 4. The molecule has 1 aromatic heterocycles. The highest BCUT2D eigenvalue weighted by Gasteiger charge is 2.39. The quantitative estimate of drug-likeness (QED) is 0.348. The molecule has 0 saturated heterocycles. The molecule has 0 radical (unpaired) electrons. The van der Waals surface area contributed by atoms with Crippen LogP contribution in [0.4, 0.5) is 24.8 Å². The Kier molecular flexibility index (Phi) is 11.4. The molecule has 3 N–H and O–H groups in total. The van der Waals surface area contributed by atoms with Gasteiger partial charge in [0.2, 0.25) is 21.9 Å². The first-order chi connectivity index (χ1) is 18.2. The molecule has 16 heteroatoms. The number of hydrogen-bond acceptors (Lipinski definition) is 9. The average molecular weight is 611 g/mol. The number of anilines is 2. The van der Waals surface area contributed by atoms with E-state index < -0.39 is 45.7 Å². The van der Waals surface area contributed by atoms with Gasteiger partial charge in [-0.25, -0.2) is 18.1 Å². The first kappa shape index (κ1) is 33.3. The van der Waals surface area contributed by atoms with Crippen molar-refractivity contribution in [3.05, 3.63) is 34.5 Å². The van der Waals surface area contributed by atoms with E-state index in [1.807, 2.05) is 19.0 Å². The lowest BCUT2D eigenvalue weighted by atomic mass is 10.1. The molecule has 0 unspecified atom stereocenters. The highest BCUT2D eigenvalue weighted by atomic mass is 35.5. The molecule has 0 spiro atoms. The van der Waals surface area contributed by atoms with Crippen LogP contribution in [0.25, 0.3) is 0 Å². The van der Waals surface area contributed by atoms with E-state index in [9.17, 15) is 26.4 Å². The van der Waals surface area contributed by atoms with E-state index in [1.165, 1.54) is 19.2 Å². The standard InChI is InChI=1S/C23H30ClF3N6O5S.CH4/c1-33(2)9-8-28-20(34)13-10-19(37-3)17(11-15(13)24)30-22-29-12-14(23(25,26)27)21(31-22)38-18-7-5-6-16(18)32-39(4,35)36;/h10-12,16,18,32H,5-9H2,1-4H3,(H,28,34)(H,29,30,31);1H4/t16-,18-;/m1./s1. The Hall–Kier alpha value is -2.88. The number of amides is 1. The predicted octanol–water partition coefficient (Wildman–Crippen LogP) is 3.68. The Morgan fingerprint density at radius 1 is 1.25 bits per heavy atom. The van der Waals surface area contributed by atoms with Crippen molar-refractivity contribution in [3.63, 3.8) is 0 Å². The van der Waals surface area contributed by atoms with Gasteiger partial charge in [-0.15, -0.1) is 0 Å². The number of ether oxygens (including phenoxy) is 2. The minimum Gasteiger partial charge on any atom is -0.495 e. The Morgan fingerprint density at radius 2 is 1.95 bits per heavy atom. The SMILES string of the molecule is C.COc1cc(C(=O)NCCN(C)C)c(Cl)cc1Nc1ncc(C(F)(F)F)c(O[C@@H]2CCC[C@H]2NS(C)(=O)=O)n1. The van der Waals surface area contributed by atoms with Gasteiger partial charge in [-0.3, -0.25) is 4.79 Å². The number of carbonyl (C=O) groups is 1. The van der Waals surface area contributed by atoms with Crippen molar-refractivity contribution in [1.29, 1.82) is 0 Å². The highest BCUT2D eigenvalue weighted by Crippen LogP contribution is 2.38. The summed E-state index contributed by atoms with van der Waals surface area (Å²) in [6.45, 7) is 0.996. The molecule has 1 saturated carbocycles. The molecule has 1 aliphatic rings. The van der Waals surface area contributed by atoms with Gasteiger partial charge in [0.05, 0.1) is 35.7 Å². The van der Waals surface area contributed by atoms with Gasteiger partial charge in [-0.05, 0) is 45.5 Å². The van der Waals surface area contributed by atoms with E-state index in [2.05, 4.69) is 25.3 Å². The summed E-state index contributed by atoms with van der Waals surface area (Å²) in [5.74, 6) is -1.28. The molecule has 224 valence electrons. The van der Waals surface area contributed by atoms with Crippen molar-refractivity contribution in [2.75, 3.05) is 45.9 Å². The Labute approximate surface area is 236 Å². The molecule has 1 heterocycles.